The van der Waals surface area contributed by atoms with Crippen molar-refractivity contribution in [1.82, 2.24) is 5.32 Å². The molecule has 0 spiro atoms. The molecule has 19 heavy (non-hydrogen) atoms. The molecule has 0 radical (unpaired) electrons. The van der Waals surface area contributed by atoms with Crippen molar-refractivity contribution < 1.29 is 9.15 Å². The summed E-state index contributed by atoms with van der Waals surface area (Å²) in [5.74, 6) is 3.31. The topological polar surface area (TPSA) is 34.4 Å². The molecule has 1 N–H and O–H groups in total. The van der Waals surface area contributed by atoms with Gasteiger partial charge < -0.3 is 14.5 Å². The zero-order valence-electron chi connectivity index (χ0n) is 13.1. The number of furan rings is 1. The van der Waals surface area contributed by atoms with Gasteiger partial charge in [0, 0.05) is 6.61 Å². The Hall–Kier alpha value is -0.800. The molecule has 0 aliphatic rings. The van der Waals surface area contributed by atoms with E-state index >= 15 is 0 Å². The van der Waals surface area contributed by atoms with Gasteiger partial charge in [0.2, 0.25) is 0 Å². The van der Waals surface area contributed by atoms with Crippen molar-refractivity contribution in [2.45, 2.75) is 54.2 Å². The van der Waals surface area contributed by atoms with Crippen LogP contribution < -0.4 is 5.32 Å². The number of hydrogen-bond acceptors (Lipinski definition) is 3. The molecule has 0 unspecified atom stereocenters. The monoisotopic (exact) mass is 267 g/mol. The summed E-state index contributed by atoms with van der Waals surface area (Å²) in [6.45, 7) is 14.1. The van der Waals surface area contributed by atoms with Gasteiger partial charge in [-0.25, -0.2) is 0 Å². The Morgan fingerprint density at radius 2 is 1.95 bits per heavy atom. The van der Waals surface area contributed by atoms with Crippen LogP contribution >= 0.6 is 0 Å². The fraction of sp³-hybridized carbons (Fsp3) is 0.750. The molecule has 1 heterocycles. The highest BCUT2D eigenvalue weighted by Gasteiger charge is 2.08. The highest BCUT2D eigenvalue weighted by molar-refractivity contribution is 5.19. The van der Waals surface area contributed by atoms with Crippen LogP contribution in [0.4, 0.5) is 0 Å². The Bertz CT molecular complexity index is 356. The summed E-state index contributed by atoms with van der Waals surface area (Å²) < 4.78 is 11.4. The molecule has 110 valence electrons. The van der Waals surface area contributed by atoms with Crippen LogP contribution in [0.2, 0.25) is 0 Å². The van der Waals surface area contributed by atoms with E-state index in [2.05, 4.69) is 46.0 Å². The molecule has 0 aliphatic heterocycles. The van der Waals surface area contributed by atoms with Crippen molar-refractivity contribution in [2.75, 3.05) is 13.2 Å². The predicted molar refractivity (Wildman–Crippen MR) is 79.1 cm³/mol. The van der Waals surface area contributed by atoms with Crippen LogP contribution in [0.3, 0.4) is 0 Å². The smallest absolute Gasteiger partial charge is 0.130 e. The highest BCUT2D eigenvalue weighted by Crippen LogP contribution is 2.15. The van der Waals surface area contributed by atoms with Gasteiger partial charge in [-0.2, -0.15) is 0 Å². The maximum Gasteiger partial charge on any atom is 0.130 e. The van der Waals surface area contributed by atoms with Crippen LogP contribution in [-0.2, 0) is 17.9 Å². The van der Waals surface area contributed by atoms with Crippen LogP contribution in [0, 0.1) is 18.8 Å². The van der Waals surface area contributed by atoms with Crippen LogP contribution in [0.15, 0.2) is 10.5 Å². The molecule has 3 heteroatoms. The van der Waals surface area contributed by atoms with E-state index in [0.29, 0.717) is 18.4 Å². The van der Waals surface area contributed by atoms with Crippen LogP contribution in [0.1, 0.15) is 51.2 Å². The van der Waals surface area contributed by atoms with Crippen LogP contribution in [0.25, 0.3) is 0 Å². The van der Waals surface area contributed by atoms with Crippen molar-refractivity contribution >= 4 is 0 Å². The van der Waals surface area contributed by atoms with E-state index < -0.39 is 0 Å². The van der Waals surface area contributed by atoms with Gasteiger partial charge in [-0.1, -0.05) is 27.7 Å². The Morgan fingerprint density at radius 1 is 1.21 bits per heavy atom. The van der Waals surface area contributed by atoms with Gasteiger partial charge in [0.15, 0.2) is 0 Å². The molecule has 3 nitrogen and oxygen atoms in total. The van der Waals surface area contributed by atoms with Gasteiger partial charge in [-0.05, 0) is 43.4 Å². The van der Waals surface area contributed by atoms with Crippen molar-refractivity contribution in [3.63, 3.8) is 0 Å². The minimum atomic E-state index is 0.581. The summed E-state index contributed by atoms with van der Waals surface area (Å²) >= 11 is 0. The number of aryl methyl sites for hydroxylation is 1. The Labute approximate surface area is 117 Å². The van der Waals surface area contributed by atoms with Gasteiger partial charge in [-0.3, -0.25) is 0 Å². The lowest BCUT2D eigenvalue weighted by Crippen LogP contribution is -2.18. The molecular weight excluding hydrogens is 238 g/mol. The Morgan fingerprint density at radius 3 is 2.58 bits per heavy atom. The van der Waals surface area contributed by atoms with Crippen LogP contribution in [0.5, 0.6) is 0 Å². The van der Waals surface area contributed by atoms with Crippen molar-refractivity contribution in [3.8, 4) is 0 Å². The largest absolute Gasteiger partial charge is 0.462 e. The van der Waals surface area contributed by atoms with Crippen molar-refractivity contribution in [3.05, 3.63) is 23.2 Å². The van der Waals surface area contributed by atoms with Gasteiger partial charge in [-0.15, -0.1) is 0 Å². The summed E-state index contributed by atoms with van der Waals surface area (Å²) in [6.07, 6.45) is 1.10. The Kier molecular flexibility index (Phi) is 7.17. The molecule has 1 aromatic rings. The van der Waals surface area contributed by atoms with Gasteiger partial charge in [0.05, 0.1) is 6.54 Å². The second-order valence-corrected chi connectivity index (χ2v) is 6.08. The van der Waals surface area contributed by atoms with E-state index in [-0.39, 0.29) is 0 Å². The third-order valence-electron chi connectivity index (χ3n) is 2.99. The maximum absolute atomic E-state index is 5.82. The van der Waals surface area contributed by atoms with E-state index in [1.165, 1.54) is 5.56 Å². The molecular formula is C16H29NO2. The number of ether oxygens (including phenoxy) is 1. The lowest BCUT2D eigenvalue weighted by Gasteiger charge is -2.06. The lowest BCUT2D eigenvalue weighted by atomic mass is 10.1. The lowest BCUT2D eigenvalue weighted by molar-refractivity contribution is 0.0960. The van der Waals surface area contributed by atoms with Gasteiger partial charge in [0.25, 0.3) is 0 Å². The second-order valence-electron chi connectivity index (χ2n) is 6.08. The van der Waals surface area contributed by atoms with E-state index in [9.17, 15) is 0 Å². The highest BCUT2D eigenvalue weighted by atomic mass is 16.5. The quantitative estimate of drug-likeness (QED) is 0.689. The molecule has 0 saturated carbocycles. The number of rotatable bonds is 9. The average Bonchev–Trinajstić information content (AvgIpc) is 2.65. The van der Waals surface area contributed by atoms with E-state index in [4.69, 9.17) is 9.15 Å². The average molecular weight is 267 g/mol. The van der Waals surface area contributed by atoms with Crippen molar-refractivity contribution in [1.29, 1.82) is 0 Å². The van der Waals surface area contributed by atoms with Crippen molar-refractivity contribution in [2.24, 2.45) is 11.8 Å². The molecule has 0 amide bonds. The zero-order chi connectivity index (χ0) is 14.3. The van der Waals surface area contributed by atoms with E-state index in [1.807, 2.05) is 0 Å². The maximum atomic E-state index is 5.82. The fourth-order valence-corrected chi connectivity index (χ4v) is 1.80. The standard InChI is InChI=1S/C16H29NO2/c1-12(2)6-7-18-11-15-8-14(5)16(19-15)10-17-9-13(3)4/h8,12-13,17H,6-7,9-11H2,1-5H3. The Balaban J connectivity index is 2.32. The first-order chi connectivity index (χ1) is 8.99. The van der Waals surface area contributed by atoms with E-state index in [1.54, 1.807) is 0 Å². The third kappa shape index (κ3) is 6.79. The molecule has 0 fully saturated rings. The summed E-state index contributed by atoms with van der Waals surface area (Å²) in [4.78, 5) is 0. The fourth-order valence-electron chi connectivity index (χ4n) is 1.80. The SMILES string of the molecule is Cc1cc(COCCC(C)C)oc1CNCC(C)C. The van der Waals surface area contributed by atoms with Gasteiger partial charge >= 0.3 is 0 Å². The second kappa shape index (κ2) is 8.39. The first-order valence-electron chi connectivity index (χ1n) is 7.35. The summed E-state index contributed by atoms with van der Waals surface area (Å²) in [7, 11) is 0. The number of nitrogens with one attached hydrogen (secondary N) is 1. The molecule has 1 rings (SSSR count). The molecule has 0 aromatic carbocycles. The molecule has 0 saturated heterocycles. The predicted octanol–water partition coefficient (Wildman–Crippen LogP) is 3.90. The summed E-state index contributed by atoms with van der Waals surface area (Å²) in [5, 5.41) is 3.40. The van der Waals surface area contributed by atoms with Crippen LogP contribution in [-0.4, -0.2) is 13.2 Å². The summed E-state index contributed by atoms with van der Waals surface area (Å²) in [6, 6.07) is 2.09. The number of hydrogen-bond donors (Lipinski definition) is 1. The molecule has 0 bridgehead atoms. The minimum Gasteiger partial charge on any atom is -0.462 e. The zero-order valence-corrected chi connectivity index (χ0v) is 13.1. The first-order valence-corrected chi connectivity index (χ1v) is 7.35. The molecule has 1 aromatic heterocycles. The summed E-state index contributed by atoms with van der Waals surface area (Å²) in [5.41, 5.74) is 1.21. The third-order valence-corrected chi connectivity index (χ3v) is 2.99. The van der Waals surface area contributed by atoms with Gasteiger partial charge in [0.1, 0.15) is 18.1 Å². The molecule has 0 atom stereocenters. The first kappa shape index (κ1) is 16.3. The van der Waals surface area contributed by atoms with E-state index in [0.717, 1.165) is 37.6 Å². The normalized spacial score (nSPS) is 11.7. The minimum absolute atomic E-state index is 0.581. The molecule has 0 aliphatic carbocycles.